The fourth-order valence-corrected chi connectivity index (χ4v) is 17.5. The van der Waals surface area contributed by atoms with Gasteiger partial charge < -0.3 is 38.5 Å². The first kappa shape index (κ1) is 53.0. The molecule has 1 heterocycles. The zero-order chi connectivity index (χ0) is 52.8. The van der Waals surface area contributed by atoms with Crippen molar-refractivity contribution in [1.82, 2.24) is 4.90 Å². The number of aromatic hydroxyl groups is 1. The maximum Gasteiger partial charge on any atom is 0.335 e. The summed E-state index contributed by atoms with van der Waals surface area (Å²) >= 11 is 0. The standard InChI is InChI=1S/C59H82N2O12/c1-34(62)71-41-33-59-29-30-61(39(48(59)51(69-11)50(41)72-35(2)63)31-36-17-19-40(68-10)49(66)47(36)59)45(64)15-13-14-16-46(65)73-60-44-22-23-55(7)42(54(44,5)6)21-24-57(9)43(55)20-18-37-38-32-53(3,4)25-27-58(38,52(67)70-12)28-26-56(37,57)8/h17-19,38-39,41-43,50,66H,13-16,20-33H2,1-12H3/b60-44+/t38-,39-,41-,42-,43+,50-,55-,56+,57+,58-,59-/m0/s1. The van der Waals surface area contributed by atoms with Gasteiger partial charge in [-0.15, -0.1) is 0 Å². The summed E-state index contributed by atoms with van der Waals surface area (Å²) in [6.45, 7) is 19.9. The van der Waals surface area contributed by atoms with E-state index >= 15 is 0 Å². The predicted octanol–water partition coefficient (Wildman–Crippen LogP) is 10.4. The zero-order valence-corrected chi connectivity index (χ0v) is 45.8. The van der Waals surface area contributed by atoms with Crippen LogP contribution in [0.15, 0.2) is 40.3 Å². The predicted molar refractivity (Wildman–Crippen MR) is 273 cm³/mol. The summed E-state index contributed by atoms with van der Waals surface area (Å²) in [7, 11) is 4.53. The highest BCUT2D eigenvalue weighted by atomic mass is 16.7. The van der Waals surface area contributed by atoms with Crippen LogP contribution in [-0.4, -0.2) is 91.6 Å². The van der Waals surface area contributed by atoms with Crippen molar-refractivity contribution in [1.29, 1.82) is 0 Å². The number of phenols is 1. The van der Waals surface area contributed by atoms with Crippen molar-refractivity contribution < 1.29 is 57.6 Å². The first-order chi connectivity index (χ1) is 34.4. The molecule has 11 atom stereocenters. The van der Waals surface area contributed by atoms with E-state index < -0.39 is 47.0 Å². The Labute approximate surface area is 432 Å². The Morgan fingerprint density at radius 1 is 0.808 bits per heavy atom. The van der Waals surface area contributed by atoms with Crippen LogP contribution < -0.4 is 4.74 Å². The Bertz CT molecular complexity index is 2540. The number of methoxy groups -OCH3 is 3. The number of unbranched alkanes of at least 4 members (excludes halogenated alkanes) is 1. The van der Waals surface area contributed by atoms with E-state index in [2.05, 4.69) is 59.7 Å². The van der Waals surface area contributed by atoms with Crippen molar-refractivity contribution in [2.45, 2.75) is 195 Å². The SMILES string of the molecule is COC(=O)[C@]12CCC(C)(C)C[C@H]1C1=CC[C@@H]3[C@@]4(C)CC/C(=N\OC(=O)CCCCC(=O)N5CC[C@@]67C[C@H](OC(C)=O)[C@H](OC(C)=O)C(OC)=C6[C@@H]5Cc5ccc(OC)c(O)c57)C(C)(C)[C@@H]4CC[C@@]3(C)[C@]1(C)CC2. The number of allylic oxidation sites excluding steroid dienone is 2. The molecule has 0 spiro atoms. The molecular formula is C59H82N2O12. The maximum atomic E-state index is 14.3. The number of likely N-dealkylation sites (tertiary alicyclic amines) is 1. The summed E-state index contributed by atoms with van der Waals surface area (Å²) in [5.74, 6) is -0.0349. The lowest BCUT2D eigenvalue weighted by Gasteiger charge is -2.70. The van der Waals surface area contributed by atoms with E-state index in [0.717, 1.165) is 81.1 Å². The number of esters is 3. The number of carbonyl (C=O) groups is 5. The lowest BCUT2D eigenvalue weighted by atomic mass is 9.33. The average molecular weight is 1010 g/mol. The van der Waals surface area contributed by atoms with Crippen LogP contribution in [0.25, 0.3) is 0 Å². The van der Waals surface area contributed by atoms with Crippen LogP contribution in [0.1, 0.15) is 176 Å². The molecule has 73 heavy (non-hydrogen) atoms. The number of amides is 1. The monoisotopic (exact) mass is 1010 g/mol. The zero-order valence-electron chi connectivity index (χ0n) is 45.8. The number of carbonyl (C=O) groups excluding carboxylic acids is 5. The summed E-state index contributed by atoms with van der Waals surface area (Å²) in [5.41, 5.74) is 3.34. The van der Waals surface area contributed by atoms with E-state index in [0.29, 0.717) is 61.1 Å². The molecule has 9 rings (SSSR count). The van der Waals surface area contributed by atoms with Crippen LogP contribution in [0.5, 0.6) is 11.5 Å². The van der Waals surface area contributed by atoms with Crippen molar-refractivity contribution in [3.8, 4) is 11.5 Å². The topological polar surface area (TPSA) is 177 Å². The Balaban J connectivity index is 0.861. The minimum Gasteiger partial charge on any atom is -0.504 e. The molecule has 14 heteroatoms. The molecule has 4 saturated carbocycles. The van der Waals surface area contributed by atoms with E-state index in [-0.39, 0.29) is 69.9 Å². The number of ether oxygens (including phenoxy) is 5. The number of hydrogen-bond acceptors (Lipinski definition) is 13. The molecule has 14 nitrogen and oxygen atoms in total. The van der Waals surface area contributed by atoms with Gasteiger partial charge in [0.15, 0.2) is 17.6 Å². The fraction of sp³-hybridized carbons (Fsp3) is 0.729. The quantitative estimate of drug-likeness (QED) is 0.0555. The van der Waals surface area contributed by atoms with Crippen LogP contribution >= 0.6 is 0 Å². The number of phenolic OH excluding ortho intramolecular Hbond substituents is 1. The van der Waals surface area contributed by atoms with Crippen LogP contribution in [0.3, 0.4) is 0 Å². The number of fused-ring (bicyclic) bond motifs is 8. The summed E-state index contributed by atoms with van der Waals surface area (Å²) in [6, 6.07) is 3.12. The molecule has 7 aliphatic carbocycles. The third-order valence-electron chi connectivity index (χ3n) is 21.2. The second-order valence-corrected chi connectivity index (χ2v) is 25.4. The molecule has 0 radical (unpaired) electrons. The van der Waals surface area contributed by atoms with Gasteiger partial charge in [0.25, 0.3) is 0 Å². The van der Waals surface area contributed by atoms with E-state index in [1.54, 1.807) is 13.2 Å². The average Bonchev–Trinajstić information content (AvgIpc) is 3.32. The van der Waals surface area contributed by atoms with Gasteiger partial charge in [-0.1, -0.05) is 71.3 Å². The number of oxime groups is 1. The second-order valence-electron chi connectivity index (χ2n) is 25.4. The van der Waals surface area contributed by atoms with Gasteiger partial charge in [0.2, 0.25) is 5.91 Å². The van der Waals surface area contributed by atoms with Crippen LogP contribution in [0.4, 0.5) is 0 Å². The molecule has 1 amide bonds. The van der Waals surface area contributed by atoms with Crippen molar-refractivity contribution in [2.24, 2.45) is 55.4 Å². The second kappa shape index (κ2) is 18.7. The fourth-order valence-electron chi connectivity index (χ4n) is 17.5. The molecular weight excluding hydrogens is 929 g/mol. The third kappa shape index (κ3) is 8.22. The Morgan fingerprint density at radius 2 is 1.52 bits per heavy atom. The first-order valence-corrected chi connectivity index (χ1v) is 27.3. The van der Waals surface area contributed by atoms with Crippen LogP contribution in [0, 0.1) is 50.2 Å². The van der Waals surface area contributed by atoms with E-state index in [1.165, 1.54) is 33.6 Å². The normalized spacial score (nSPS) is 37.1. The number of benzene rings is 1. The van der Waals surface area contributed by atoms with Crippen LogP contribution in [0.2, 0.25) is 0 Å². The van der Waals surface area contributed by atoms with Crippen molar-refractivity contribution in [3.63, 3.8) is 0 Å². The molecule has 1 aromatic rings. The largest absolute Gasteiger partial charge is 0.504 e. The van der Waals surface area contributed by atoms with Gasteiger partial charge in [0.1, 0.15) is 11.9 Å². The molecule has 8 aliphatic rings. The maximum absolute atomic E-state index is 14.3. The van der Waals surface area contributed by atoms with E-state index in [1.807, 2.05) is 11.0 Å². The Morgan fingerprint density at radius 3 is 2.21 bits per heavy atom. The minimum atomic E-state index is -1.05. The number of hydrogen-bond donors (Lipinski definition) is 1. The highest BCUT2D eigenvalue weighted by Crippen LogP contribution is 2.76. The molecule has 5 fully saturated rings. The summed E-state index contributed by atoms with van der Waals surface area (Å²) in [5, 5.41) is 16.3. The van der Waals surface area contributed by atoms with E-state index in [9.17, 15) is 29.1 Å². The highest BCUT2D eigenvalue weighted by Gasteiger charge is 2.69. The lowest BCUT2D eigenvalue weighted by Crippen LogP contribution is -2.64. The number of nitrogens with zero attached hydrogens (tertiary/aromatic N) is 2. The molecule has 1 aromatic carbocycles. The van der Waals surface area contributed by atoms with Gasteiger partial charge >= 0.3 is 23.9 Å². The van der Waals surface area contributed by atoms with Gasteiger partial charge in [-0.25, -0.2) is 4.79 Å². The molecule has 2 bridgehead atoms. The summed E-state index contributed by atoms with van der Waals surface area (Å²) in [4.78, 5) is 73.9. The van der Waals surface area contributed by atoms with Gasteiger partial charge in [-0.2, -0.15) is 0 Å². The van der Waals surface area contributed by atoms with Crippen molar-refractivity contribution >= 4 is 35.5 Å². The smallest absolute Gasteiger partial charge is 0.335 e. The van der Waals surface area contributed by atoms with Crippen molar-refractivity contribution in [2.75, 3.05) is 27.9 Å². The highest BCUT2D eigenvalue weighted by molar-refractivity contribution is 5.91. The molecule has 0 unspecified atom stereocenters. The van der Waals surface area contributed by atoms with Gasteiger partial charge in [0.05, 0.1) is 38.5 Å². The summed E-state index contributed by atoms with van der Waals surface area (Å²) in [6.07, 6.45) is 12.5. The Kier molecular flexibility index (Phi) is 13.6. The van der Waals surface area contributed by atoms with Gasteiger partial charge in [-0.3, -0.25) is 19.2 Å². The number of piperidine rings is 1. The van der Waals surface area contributed by atoms with Gasteiger partial charge in [0, 0.05) is 61.6 Å². The minimum absolute atomic E-state index is 0.00599. The van der Waals surface area contributed by atoms with Gasteiger partial charge in [-0.05, 0) is 141 Å². The first-order valence-electron chi connectivity index (χ1n) is 27.3. The molecule has 0 aromatic heterocycles. The molecule has 400 valence electrons. The molecule has 1 N–H and O–H groups in total. The van der Waals surface area contributed by atoms with Crippen LogP contribution in [-0.2, 0) is 59.6 Å². The molecule has 1 saturated heterocycles. The molecule has 1 aliphatic heterocycles. The van der Waals surface area contributed by atoms with Crippen molar-refractivity contribution in [3.05, 3.63) is 46.2 Å². The summed E-state index contributed by atoms with van der Waals surface area (Å²) < 4.78 is 28.8. The third-order valence-corrected chi connectivity index (χ3v) is 21.2. The lowest BCUT2D eigenvalue weighted by molar-refractivity contribution is -0.181. The number of rotatable bonds is 11. The van der Waals surface area contributed by atoms with E-state index in [4.69, 9.17) is 28.5 Å². The Hall–Kier alpha value is -4.88.